The topological polar surface area (TPSA) is 74.7 Å². The van der Waals surface area contributed by atoms with E-state index in [1.165, 1.54) is 10.5 Å². The molecule has 1 N–H and O–H groups in total. The number of carboxylic acid groups (broad SMARTS) is 1. The third-order valence-corrected chi connectivity index (χ3v) is 18.6. The first-order valence-electron chi connectivity index (χ1n) is 16.6. The van der Waals surface area contributed by atoms with Gasteiger partial charge in [-0.15, -0.1) is 0 Å². The predicted molar refractivity (Wildman–Crippen MR) is 182 cm³/mol. The molecule has 44 heavy (non-hydrogen) atoms. The van der Waals surface area contributed by atoms with E-state index in [9.17, 15) is 19.5 Å². The van der Waals surface area contributed by atoms with Crippen LogP contribution in [-0.2, 0) is 10.2 Å². The molecule has 1 aliphatic heterocycles. The molecule has 2 aromatic carbocycles. The second kappa shape index (κ2) is 13.2. The minimum atomic E-state index is -2.48. The van der Waals surface area contributed by atoms with Gasteiger partial charge in [0.2, 0.25) is 0 Å². The van der Waals surface area contributed by atoms with Crippen LogP contribution in [0, 0.1) is 11.8 Å². The van der Waals surface area contributed by atoms with Crippen LogP contribution in [0.25, 0.3) is 0 Å². The molecule has 5 nitrogen and oxygen atoms in total. The van der Waals surface area contributed by atoms with E-state index in [1.54, 1.807) is 18.3 Å². The molecular formula is C38H53NO4Si. The molecule has 0 spiro atoms. The van der Waals surface area contributed by atoms with Crippen molar-refractivity contribution >= 4 is 25.7 Å². The number of allylic oxidation sites excluding steroid dienone is 1. The Morgan fingerprint density at radius 2 is 1.41 bits per heavy atom. The molecule has 2 aromatic rings. The molecule has 3 atom stereocenters. The molecule has 0 radical (unpaired) electrons. The standard InChI is InChI=1S/C38H53NO4Si/c1-26(2)44(27(3)4,28(5)6)35-25-39(36(42)43)38(24-34(35)41,23-33(40)29-17-11-9-12-18-29)32-22-16-15-21-31(32)37(7,8)30-19-13-10-14-20-30/h9-14,17-20,25-28,31-32H,15-16,21-24H2,1-8H3,(H,42,43)/t31-,32+,38-/m1/s1. The summed E-state index contributed by atoms with van der Waals surface area (Å²) < 4.78 is 0. The SMILES string of the molecule is CC(C)[Si](C1=CN(C(=O)O)[C@@](CC(=O)c2ccccc2)([C@H]2CCCC[C@H]2C(C)(C)c2ccccc2)CC1=O)(C(C)C)C(C)C. The van der Waals surface area contributed by atoms with E-state index in [-0.39, 0.29) is 58.3 Å². The summed E-state index contributed by atoms with van der Waals surface area (Å²) >= 11 is 0. The highest BCUT2D eigenvalue weighted by Gasteiger charge is 2.59. The largest absolute Gasteiger partial charge is 0.465 e. The fraction of sp³-hybridized carbons (Fsp3) is 0.553. The Morgan fingerprint density at radius 1 is 0.886 bits per heavy atom. The van der Waals surface area contributed by atoms with Crippen LogP contribution in [0.3, 0.4) is 0 Å². The molecule has 2 aliphatic rings. The highest BCUT2D eigenvalue weighted by Crippen LogP contribution is 2.55. The lowest BCUT2D eigenvalue weighted by Gasteiger charge is -2.57. The number of amides is 1. The summed E-state index contributed by atoms with van der Waals surface area (Å²) in [4.78, 5) is 43.9. The zero-order chi connectivity index (χ0) is 32.4. The quantitative estimate of drug-likeness (QED) is 0.213. The third kappa shape index (κ3) is 5.87. The Kier molecular flexibility index (Phi) is 10.1. The van der Waals surface area contributed by atoms with Gasteiger partial charge in [0.15, 0.2) is 11.6 Å². The van der Waals surface area contributed by atoms with Crippen LogP contribution in [0.4, 0.5) is 4.79 Å². The van der Waals surface area contributed by atoms with Gasteiger partial charge in [0.1, 0.15) is 8.07 Å². The molecule has 1 amide bonds. The van der Waals surface area contributed by atoms with Gasteiger partial charge in [0.25, 0.3) is 0 Å². The molecular weight excluding hydrogens is 563 g/mol. The third-order valence-electron chi connectivity index (χ3n) is 11.5. The number of ketones is 2. The fourth-order valence-electron chi connectivity index (χ4n) is 9.63. The number of nitrogens with zero attached hydrogens (tertiary/aromatic N) is 1. The lowest BCUT2D eigenvalue weighted by atomic mass is 9.55. The van der Waals surface area contributed by atoms with Gasteiger partial charge >= 0.3 is 6.09 Å². The molecule has 238 valence electrons. The second-order valence-corrected chi connectivity index (χ2v) is 20.7. The van der Waals surface area contributed by atoms with Crippen LogP contribution in [0.1, 0.15) is 110 Å². The molecule has 1 heterocycles. The maximum Gasteiger partial charge on any atom is 0.411 e. The molecule has 6 heteroatoms. The number of hydrogen-bond acceptors (Lipinski definition) is 3. The van der Waals surface area contributed by atoms with Crippen LogP contribution < -0.4 is 0 Å². The normalized spacial score (nSPS) is 23.3. The van der Waals surface area contributed by atoms with Gasteiger partial charge in [-0.1, -0.05) is 129 Å². The maximum atomic E-state index is 14.8. The summed E-state index contributed by atoms with van der Waals surface area (Å²) in [5.74, 6) is -0.129. The van der Waals surface area contributed by atoms with Gasteiger partial charge < -0.3 is 5.11 Å². The number of benzene rings is 2. The van der Waals surface area contributed by atoms with E-state index < -0.39 is 19.7 Å². The Hall–Kier alpha value is -2.99. The zero-order valence-electron chi connectivity index (χ0n) is 28.1. The molecule has 1 fully saturated rings. The van der Waals surface area contributed by atoms with Crippen molar-refractivity contribution in [2.45, 2.75) is 121 Å². The summed E-state index contributed by atoms with van der Waals surface area (Å²) in [5.41, 5.74) is 1.08. The summed E-state index contributed by atoms with van der Waals surface area (Å²) in [6, 6.07) is 19.6. The van der Waals surface area contributed by atoms with Crippen LogP contribution in [0.15, 0.2) is 72.1 Å². The lowest BCUT2D eigenvalue weighted by molar-refractivity contribution is -0.121. The minimum Gasteiger partial charge on any atom is -0.465 e. The average Bonchev–Trinajstić information content (AvgIpc) is 2.98. The van der Waals surface area contributed by atoms with E-state index in [2.05, 4.69) is 79.7 Å². The van der Waals surface area contributed by atoms with Crippen molar-refractivity contribution in [3.8, 4) is 0 Å². The number of carbonyl (C=O) groups is 3. The molecule has 0 saturated heterocycles. The molecule has 0 unspecified atom stereocenters. The first-order valence-corrected chi connectivity index (χ1v) is 18.9. The zero-order valence-corrected chi connectivity index (χ0v) is 29.1. The Bertz CT molecular complexity index is 1340. The Morgan fingerprint density at radius 3 is 1.93 bits per heavy atom. The molecule has 0 bridgehead atoms. The molecule has 1 saturated carbocycles. The Labute approximate surface area is 266 Å². The summed E-state index contributed by atoms with van der Waals surface area (Å²) in [5, 5.41) is 11.8. The van der Waals surface area contributed by atoms with Gasteiger partial charge in [-0.3, -0.25) is 14.5 Å². The van der Waals surface area contributed by atoms with Crippen LogP contribution in [0.5, 0.6) is 0 Å². The number of rotatable bonds is 10. The smallest absolute Gasteiger partial charge is 0.411 e. The van der Waals surface area contributed by atoms with Gasteiger partial charge in [0.05, 0.1) is 5.54 Å². The van der Waals surface area contributed by atoms with E-state index in [1.807, 2.05) is 24.3 Å². The van der Waals surface area contributed by atoms with Crippen molar-refractivity contribution in [1.29, 1.82) is 0 Å². The van der Waals surface area contributed by atoms with Crippen molar-refractivity contribution in [2.24, 2.45) is 11.8 Å². The fourth-order valence-corrected chi connectivity index (χ4v) is 16.4. The van der Waals surface area contributed by atoms with E-state index >= 15 is 0 Å². The summed E-state index contributed by atoms with van der Waals surface area (Å²) in [6.45, 7) is 17.7. The molecule has 1 aliphatic carbocycles. The van der Waals surface area contributed by atoms with Gasteiger partial charge in [-0.05, 0) is 57.5 Å². The Balaban J connectivity index is 1.97. The van der Waals surface area contributed by atoms with Crippen molar-refractivity contribution in [1.82, 2.24) is 4.90 Å². The van der Waals surface area contributed by atoms with Gasteiger partial charge in [-0.25, -0.2) is 4.79 Å². The number of Topliss-reactive ketones (excluding diaryl/α,β-unsaturated/α-hetero) is 2. The first-order chi connectivity index (χ1) is 20.7. The average molecular weight is 616 g/mol. The second-order valence-electron chi connectivity index (χ2n) is 14.8. The summed E-state index contributed by atoms with van der Waals surface area (Å²) in [6.07, 6.45) is 4.41. The van der Waals surface area contributed by atoms with E-state index in [4.69, 9.17) is 0 Å². The summed E-state index contributed by atoms with van der Waals surface area (Å²) in [7, 11) is -2.48. The lowest BCUT2D eigenvalue weighted by Crippen LogP contribution is -2.64. The highest BCUT2D eigenvalue weighted by molar-refractivity contribution is 6.93. The van der Waals surface area contributed by atoms with Crippen molar-refractivity contribution in [3.63, 3.8) is 0 Å². The van der Waals surface area contributed by atoms with Crippen molar-refractivity contribution in [2.75, 3.05) is 0 Å². The molecule has 0 aromatic heterocycles. The molecule has 4 rings (SSSR count). The number of hydrogen-bond donors (Lipinski definition) is 1. The van der Waals surface area contributed by atoms with E-state index in [0.717, 1.165) is 30.9 Å². The van der Waals surface area contributed by atoms with Crippen LogP contribution >= 0.6 is 0 Å². The van der Waals surface area contributed by atoms with Crippen molar-refractivity contribution < 1.29 is 19.5 Å². The maximum absolute atomic E-state index is 14.8. The number of carbonyl (C=O) groups excluding carboxylic acids is 2. The van der Waals surface area contributed by atoms with Crippen LogP contribution in [0.2, 0.25) is 16.6 Å². The van der Waals surface area contributed by atoms with Gasteiger partial charge in [-0.2, -0.15) is 0 Å². The monoisotopic (exact) mass is 615 g/mol. The highest BCUT2D eigenvalue weighted by atomic mass is 28.3. The van der Waals surface area contributed by atoms with E-state index in [0.29, 0.717) is 5.56 Å². The predicted octanol–water partition coefficient (Wildman–Crippen LogP) is 9.84. The van der Waals surface area contributed by atoms with Crippen LogP contribution in [-0.4, -0.2) is 41.3 Å². The minimum absolute atomic E-state index is 0.00946. The van der Waals surface area contributed by atoms with Gasteiger partial charge in [0, 0.05) is 24.6 Å². The first kappa shape index (κ1) is 33.9. The van der Waals surface area contributed by atoms with Crippen molar-refractivity contribution in [3.05, 3.63) is 83.2 Å².